The third-order valence-corrected chi connectivity index (χ3v) is 34.4. The van der Waals surface area contributed by atoms with E-state index in [1.165, 1.54) is 116 Å². The normalized spacial score (nSPS) is 15.7. The zero-order valence-corrected chi connectivity index (χ0v) is 35.7. The third kappa shape index (κ3) is 18.7. The summed E-state index contributed by atoms with van der Waals surface area (Å²) in [6, 6.07) is 20.1. The van der Waals surface area contributed by atoms with E-state index in [1.54, 1.807) is 0 Å². The standard InChI is InChI=1S/C41H92OSi4/c1-11-26-43(27-12-2,28-13-3)36-22-39-46(35-21-25-42-20-10,40-23-37-44(29-14-4,30-15-5)31-16-6)41-24-38-45(32-17-7,33-18-8)34-19-9/h11-41H2,1-10H3/i1T,2T,3T,4T,5T,6T,7T,8T,9T. The Kier molecular flexibility index (Phi) is 20.3. The average molecular weight is 732 g/mol. The van der Waals surface area contributed by atoms with Gasteiger partial charge in [-0.2, -0.15) is 0 Å². The first-order valence-electron chi connectivity index (χ1n) is 26.3. The summed E-state index contributed by atoms with van der Waals surface area (Å²) in [6.45, 7) is 8.12. The van der Waals surface area contributed by atoms with E-state index in [2.05, 4.69) is 6.92 Å². The minimum atomic E-state index is -1.77. The van der Waals surface area contributed by atoms with Gasteiger partial charge in [0.15, 0.2) is 0 Å². The van der Waals surface area contributed by atoms with Crippen molar-refractivity contribution in [2.24, 2.45) is 0 Å². The zero-order chi connectivity index (χ0) is 41.0. The van der Waals surface area contributed by atoms with E-state index in [1.807, 2.05) is 0 Å². The van der Waals surface area contributed by atoms with Crippen LogP contribution in [0.1, 0.15) is 165 Å². The van der Waals surface area contributed by atoms with E-state index >= 15 is 0 Å². The lowest BCUT2D eigenvalue weighted by molar-refractivity contribution is 0.148. The smallest absolute Gasteiger partial charge is 0.0536 e. The summed E-state index contributed by atoms with van der Waals surface area (Å²) in [5.41, 5.74) is 0. The van der Waals surface area contributed by atoms with Gasteiger partial charge in [-0.25, -0.2) is 0 Å². The summed E-state index contributed by atoms with van der Waals surface area (Å²) >= 11 is 0. The number of hydrogen-bond donors (Lipinski definition) is 0. The Balaban J connectivity index is 6.81. The molecule has 0 aliphatic heterocycles. The second-order valence-corrected chi connectivity index (χ2v) is 35.3. The van der Waals surface area contributed by atoms with Crippen LogP contribution in [0.3, 0.4) is 0 Å². The topological polar surface area (TPSA) is 9.23 Å². The molecule has 0 aliphatic rings. The first-order chi connectivity index (χ1) is 26.7. The molecule has 0 aromatic carbocycles. The molecule has 0 N–H and O–H groups in total. The number of rotatable bonds is 35. The van der Waals surface area contributed by atoms with Gasteiger partial charge < -0.3 is 4.74 Å². The minimum Gasteiger partial charge on any atom is -0.382 e. The van der Waals surface area contributed by atoms with E-state index in [4.69, 9.17) is 17.1 Å². The van der Waals surface area contributed by atoms with Crippen molar-refractivity contribution in [3.63, 3.8) is 0 Å². The molecule has 0 aliphatic carbocycles. The molecule has 0 unspecified atom stereocenters. The Labute approximate surface area is 311 Å². The van der Waals surface area contributed by atoms with Crippen LogP contribution >= 0.6 is 0 Å². The maximum absolute atomic E-state index is 8.02. The summed E-state index contributed by atoms with van der Waals surface area (Å²) in [5.74, 6) is 0. The molecule has 0 amide bonds. The van der Waals surface area contributed by atoms with Crippen LogP contribution in [0.4, 0.5) is 0 Å². The summed E-state index contributed by atoms with van der Waals surface area (Å²) in [5, 5.41) is 0. The van der Waals surface area contributed by atoms with E-state index in [0.717, 1.165) is 77.4 Å². The second-order valence-electron chi connectivity index (χ2n) is 15.3. The molecule has 0 rings (SSSR count). The zero-order valence-electron chi connectivity index (χ0n) is 40.7. The lowest BCUT2D eigenvalue weighted by Crippen LogP contribution is -2.39. The molecule has 0 heterocycles. The molecular weight excluding hydrogens is 621 g/mol. The molecule has 0 saturated carbocycles. The van der Waals surface area contributed by atoms with Crippen molar-refractivity contribution >= 4 is 32.3 Å². The summed E-state index contributed by atoms with van der Waals surface area (Å²) in [6.07, 6.45) is 13.7. The van der Waals surface area contributed by atoms with Gasteiger partial charge in [-0.1, -0.05) is 236 Å². The molecule has 0 spiro atoms. The van der Waals surface area contributed by atoms with E-state index in [0.29, 0.717) is 62.1 Å². The maximum Gasteiger partial charge on any atom is 0.0536 e. The lowest BCUT2D eigenvalue weighted by Gasteiger charge is -2.39. The Morgan fingerprint density at radius 3 is 0.761 bits per heavy atom. The lowest BCUT2D eigenvalue weighted by atomic mass is 10.5. The first kappa shape index (κ1) is 32.7. The van der Waals surface area contributed by atoms with Crippen LogP contribution in [0, 0.1) is 0 Å². The van der Waals surface area contributed by atoms with Crippen LogP contribution < -0.4 is 0 Å². The quantitative estimate of drug-likeness (QED) is 0.0466. The maximum atomic E-state index is 8.02. The molecule has 0 radical (unpaired) electrons. The predicted molar refractivity (Wildman–Crippen MR) is 228 cm³/mol. The molecule has 1 nitrogen and oxygen atoms in total. The van der Waals surface area contributed by atoms with Crippen molar-refractivity contribution in [1.29, 1.82) is 0 Å². The fraction of sp³-hybridized carbons (Fsp3) is 1.00. The predicted octanol–water partition coefficient (Wildman–Crippen LogP) is 16.1. The molecule has 0 aromatic rings. The molecule has 0 bridgehead atoms. The van der Waals surface area contributed by atoms with Gasteiger partial charge in [0.1, 0.15) is 0 Å². The van der Waals surface area contributed by atoms with Gasteiger partial charge in [0.05, 0.1) is 32.3 Å². The average Bonchev–Trinajstić information content (AvgIpc) is 3.20. The second kappa shape index (κ2) is 28.5. The van der Waals surface area contributed by atoms with Gasteiger partial charge in [-0.05, 0) is 13.3 Å². The van der Waals surface area contributed by atoms with E-state index in [-0.39, 0.29) is 0 Å². The van der Waals surface area contributed by atoms with Gasteiger partial charge >= 0.3 is 0 Å². The van der Waals surface area contributed by atoms with Crippen molar-refractivity contribution in [1.82, 2.24) is 0 Å². The molecular formula is C41H92OSi4. The number of ether oxygens (including phenoxy) is 1. The molecule has 278 valence electrons. The Morgan fingerprint density at radius 1 is 0.326 bits per heavy atom. The van der Waals surface area contributed by atoms with Crippen LogP contribution in [0.2, 0.25) is 96.7 Å². The molecule has 0 atom stereocenters. The largest absolute Gasteiger partial charge is 0.382 e. The molecule has 5 heteroatoms. The van der Waals surface area contributed by atoms with Crippen molar-refractivity contribution < 1.29 is 17.1 Å². The highest BCUT2D eigenvalue weighted by atomic mass is 28.3. The minimum absolute atomic E-state index is 0.491. The Hall–Kier alpha value is 0.828. The molecule has 0 aromatic heterocycles. The van der Waals surface area contributed by atoms with Gasteiger partial charge in [0, 0.05) is 25.6 Å². The highest BCUT2D eigenvalue weighted by Crippen LogP contribution is 2.41. The molecule has 0 fully saturated rings. The van der Waals surface area contributed by atoms with Crippen LogP contribution in [0.5, 0.6) is 0 Å². The number of hydrogen-bond acceptors (Lipinski definition) is 1. The monoisotopic (exact) mass is 731 g/mol. The van der Waals surface area contributed by atoms with E-state index in [9.17, 15) is 0 Å². The van der Waals surface area contributed by atoms with Gasteiger partial charge in [-0.15, -0.1) is 0 Å². The molecule has 46 heavy (non-hydrogen) atoms. The van der Waals surface area contributed by atoms with Crippen molar-refractivity contribution in [3.05, 3.63) is 0 Å². The first-order valence-corrected chi connectivity index (χ1v) is 31.3. The SMILES string of the molecule is [3H]CCC[Si](CCC[3H])(CCC[3H])CCC[Si](CCCOCC)(CCC[Si](CCC[3H])(CCC[3H])CCC[3H])CCC[Si](CCC[3H])(CCC[3H])CCC[3H]. The summed E-state index contributed by atoms with van der Waals surface area (Å²) in [7, 11) is -6.78. The van der Waals surface area contributed by atoms with Crippen LogP contribution in [0.15, 0.2) is 0 Å². The fourth-order valence-electron chi connectivity index (χ4n) is 9.58. The van der Waals surface area contributed by atoms with Crippen molar-refractivity contribution in [2.45, 2.75) is 249 Å². The van der Waals surface area contributed by atoms with Crippen LogP contribution in [0.25, 0.3) is 0 Å². The van der Waals surface area contributed by atoms with Gasteiger partial charge in [-0.3, -0.25) is 0 Å². The Bertz CT molecular complexity index is 678. The highest BCUT2D eigenvalue weighted by molar-refractivity contribution is 6.83. The molecule has 0 saturated heterocycles. The third-order valence-electron chi connectivity index (χ3n) is 11.8. The van der Waals surface area contributed by atoms with Crippen molar-refractivity contribution in [2.75, 3.05) is 13.2 Å². The van der Waals surface area contributed by atoms with Gasteiger partial charge in [0.2, 0.25) is 0 Å². The van der Waals surface area contributed by atoms with E-state index < -0.39 is 32.3 Å². The fourth-order valence-corrected chi connectivity index (χ4v) is 29.8. The summed E-state index contributed by atoms with van der Waals surface area (Å²) < 4.78 is 78.1. The van der Waals surface area contributed by atoms with Gasteiger partial charge in [0.25, 0.3) is 0 Å². The highest BCUT2D eigenvalue weighted by Gasteiger charge is 2.38. The summed E-state index contributed by atoms with van der Waals surface area (Å²) in [4.78, 5) is 0. The van der Waals surface area contributed by atoms with Crippen molar-refractivity contribution in [3.8, 4) is 0 Å². The van der Waals surface area contributed by atoms with Crippen LogP contribution in [-0.4, -0.2) is 45.5 Å². The Morgan fingerprint density at radius 2 is 0.543 bits per heavy atom. The van der Waals surface area contributed by atoms with Crippen LogP contribution in [-0.2, 0) is 4.74 Å².